The summed E-state index contributed by atoms with van der Waals surface area (Å²) in [5.41, 5.74) is 2.30. The molecule has 0 spiro atoms. The SMILES string of the molecule is CC(C)C(CC(=O)N1CCC(C(=O)[O-])C2CCCCC21)c1c[nH]c2ccccc12.[Na+]. The molecule has 0 radical (unpaired) electrons. The molecule has 2 aromatic rings. The molecule has 6 heteroatoms. The molecule has 1 N–H and O–H groups in total. The number of H-pyrrole nitrogens is 1. The van der Waals surface area contributed by atoms with Crippen molar-refractivity contribution >= 4 is 22.8 Å². The average Bonchev–Trinajstić information content (AvgIpc) is 3.14. The molecule has 2 aliphatic rings. The number of carboxylic acid groups (broad SMARTS) is 1. The Bertz CT molecular complexity index is 893. The fraction of sp³-hybridized carbons (Fsp3) is 0.583. The number of carbonyl (C=O) groups excluding carboxylic acids is 2. The number of hydrogen-bond acceptors (Lipinski definition) is 3. The second-order valence-corrected chi connectivity index (χ2v) is 9.16. The summed E-state index contributed by atoms with van der Waals surface area (Å²) >= 11 is 0. The Morgan fingerprint density at radius 3 is 2.63 bits per heavy atom. The topological polar surface area (TPSA) is 76.2 Å². The average molecular weight is 419 g/mol. The first-order valence-corrected chi connectivity index (χ1v) is 11.0. The smallest absolute Gasteiger partial charge is 0.550 e. The number of carbonyl (C=O) groups is 2. The zero-order valence-electron chi connectivity index (χ0n) is 18.4. The number of hydrogen-bond donors (Lipinski definition) is 1. The number of amides is 1. The molecule has 5 nitrogen and oxygen atoms in total. The van der Waals surface area contributed by atoms with Gasteiger partial charge in [0.2, 0.25) is 5.91 Å². The fourth-order valence-corrected chi connectivity index (χ4v) is 5.67. The first kappa shape index (κ1) is 23.4. The van der Waals surface area contributed by atoms with Crippen LogP contribution in [0.3, 0.4) is 0 Å². The molecule has 1 aliphatic carbocycles. The molecule has 1 aromatic carbocycles. The number of piperidine rings is 1. The summed E-state index contributed by atoms with van der Waals surface area (Å²) in [6.45, 7) is 4.88. The standard InChI is InChI=1S/C24H32N2O3.Na/c1-15(2)19(20-14-25-21-9-5-3-7-16(20)21)13-23(27)26-12-11-18(24(28)29)17-8-4-6-10-22(17)26;/h3,5,7,9,14-15,17-19,22,25H,4,6,8,10-13H2,1-2H3,(H,28,29);/q;+1/p-1. The van der Waals surface area contributed by atoms with Crippen LogP contribution in [-0.4, -0.2) is 34.3 Å². The summed E-state index contributed by atoms with van der Waals surface area (Å²) in [6, 6.07) is 8.29. The van der Waals surface area contributed by atoms with Gasteiger partial charge in [-0.15, -0.1) is 0 Å². The van der Waals surface area contributed by atoms with E-state index in [0.717, 1.165) is 31.2 Å². The zero-order valence-corrected chi connectivity index (χ0v) is 20.4. The zero-order chi connectivity index (χ0) is 20.5. The number of para-hydroxylation sites is 1. The van der Waals surface area contributed by atoms with Crippen LogP contribution in [0.15, 0.2) is 30.5 Å². The van der Waals surface area contributed by atoms with Crippen molar-refractivity contribution in [2.75, 3.05) is 6.54 Å². The number of aliphatic carboxylic acids is 1. The van der Waals surface area contributed by atoms with Crippen LogP contribution in [0.4, 0.5) is 0 Å². The monoisotopic (exact) mass is 418 g/mol. The minimum Gasteiger partial charge on any atom is -0.550 e. The van der Waals surface area contributed by atoms with Gasteiger partial charge in [0.1, 0.15) is 0 Å². The first-order valence-electron chi connectivity index (χ1n) is 11.0. The van der Waals surface area contributed by atoms with Crippen molar-refractivity contribution in [1.29, 1.82) is 0 Å². The Morgan fingerprint density at radius 2 is 1.90 bits per heavy atom. The molecule has 4 atom stereocenters. The van der Waals surface area contributed by atoms with Crippen molar-refractivity contribution < 1.29 is 44.3 Å². The summed E-state index contributed by atoms with van der Waals surface area (Å²) in [5.74, 6) is -0.646. The fourth-order valence-electron chi connectivity index (χ4n) is 5.67. The van der Waals surface area contributed by atoms with Crippen LogP contribution in [0.1, 0.15) is 63.9 Å². The molecular weight excluding hydrogens is 387 g/mol. The molecular formula is C24H31N2NaO3. The van der Waals surface area contributed by atoms with E-state index >= 15 is 0 Å². The third-order valence-corrected chi connectivity index (χ3v) is 7.22. The number of aromatic amines is 1. The van der Waals surface area contributed by atoms with Gasteiger partial charge in [0.25, 0.3) is 0 Å². The quantitative estimate of drug-likeness (QED) is 0.717. The van der Waals surface area contributed by atoms with Crippen molar-refractivity contribution in [2.24, 2.45) is 17.8 Å². The van der Waals surface area contributed by atoms with E-state index < -0.39 is 11.9 Å². The van der Waals surface area contributed by atoms with Gasteiger partial charge < -0.3 is 19.8 Å². The van der Waals surface area contributed by atoms with Gasteiger partial charge >= 0.3 is 29.6 Å². The third-order valence-electron chi connectivity index (χ3n) is 7.22. The second-order valence-electron chi connectivity index (χ2n) is 9.16. The maximum absolute atomic E-state index is 13.4. The molecule has 30 heavy (non-hydrogen) atoms. The Hall–Kier alpha value is -1.30. The van der Waals surface area contributed by atoms with Crippen LogP contribution in [0.2, 0.25) is 0 Å². The number of fused-ring (bicyclic) bond motifs is 2. The van der Waals surface area contributed by atoms with E-state index in [4.69, 9.17) is 0 Å². The number of aromatic nitrogens is 1. The second kappa shape index (κ2) is 9.88. The third kappa shape index (κ3) is 4.49. The number of nitrogens with one attached hydrogen (secondary N) is 1. The normalized spacial score (nSPS) is 24.9. The van der Waals surface area contributed by atoms with E-state index in [1.807, 2.05) is 23.2 Å². The molecule has 1 saturated carbocycles. The van der Waals surface area contributed by atoms with Gasteiger partial charge in [-0.3, -0.25) is 4.79 Å². The van der Waals surface area contributed by atoms with Gasteiger partial charge in [-0.05, 0) is 48.6 Å². The largest absolute Gasteiger partial charge is 1.00 e. The number of likely N-dealkylation sites (tertiary alicyclic amines) is 1. The predicted molar refractivity (Wildman–Crippen MR) is 111 cm³/mol. The molecule has 2 heterocycles. The molecule has 2 fully saturated rings. The maximum atomic E-state index is 13.4. The van der Waals surface area contributed by atoms with Gasteiger partial charge in [-0.25, -0.2) is 0 Å². The van der Waals surface area contributed by atoms with Crippen LogP contribution < -0.4 is 34.7 Å². The molecule has 1 saturated heterocycles. The van der Waals surface area contributed by atoms with Crippen molar-refractivity contribution in [3.05, 3.63) is 36.0 Å². The molecule has 1 aliphatic heterocycles. The minimum absolute atomic E-state index is 0. The van der Waals surface area contributed by atoms with Crippen LogP contribution in [-0.2, 0) is 9.59 Å². The van der Waals surface area contributed by atoms with E-state index in [2.05, 4.69) is 31.0 Å². The molecule has 156 valence electrons. The summed E-state index contributed by atoms with van der Waals surface area (Å²) in [6.07, 6.45) is 6.97. The van der Waals surface area contributed by atoms with E-state index in [0.29, 0.717) is 25.3 Å². The molecule has 4 unspecified atom stereocenters. The molecule has 4 rings (SSSR count). The van der Waals surface area contributed by atoms with E-state index in [-0.39, 0.29) is 53.3 Å². The van der Waals surface area contributed by atoms with Crippen molar-refractivity contribution in [2.45, 2.75) is 64.3 Å². The maximum Gasteiger partial charge on any atom is 1.00 e. The Labute approximate surface area is 200 Å². The van der Waals surface area contributed by atoms with Crippen LogP contribution in [0.5, 0.6) is 0 Å². The van der Waals surface area contributed by atoms with Crippen LogP contribution >= 0.6 is 0 Å². The Balaban J connectivity index is 0.00000256. The van der Waals surface area contributed by atoms with Gasteiger partial charge in [0.05, 0.1) is 0 Å². The van der Waals surface area contributed by atoms with Crippen LogP contribution in [0, 0.1) is 17.8 Å². The first-order chi connectivity index (χ1) is 14.0. The summed E-state index contributed by atoms with van der Waals surface area (Å²) in [7, 11) is 0. The number of carboxylic acids is 1. The molecule has 1 amide bonds. The van der Waals surface area contributed by atoms with E-state index in [9.17, 15) is 14.7 Å². The molecule has 0 bridgehead atoms. The number of nitrogens with zero attached hydrogens (tertiary/aromatic N) is 1. The van der Waals surface area contributed by atoms with Crippen molar-refractivity contribution in [3.8, 4) is 0 Å². The van der Waals surface area contributed by atoms with Crippen LogP contribution in [0.25, 0.3) is 10.9 Å². The van der Waals surface area contributed by atoms with Crippen molar-refractivity contribution in [1.82, 2.24) is 9.88 Å². The van der Waals surface area contributed by atoms with E-state index in [1.54, 1.807) is 0 Å². The van der Waals surface area contributed by atoms with Gasteiger partial charge in [0, 0.05) is 48.0 Å². The van der Waals surface area contributed by atoms with E-state index in [1.165, 1.54) is 10.9 Å². The summed E-state index contributed by atoms with van der Waals surface area (Å²) < 4.78 is 0. The predicted octanol–water partition coefficient (Wildman–Crippen LogP) is 0.459. The van der Waals surface area contributed by atoms with Gasteiger partial charge in [-0.2, -0.15) is 0 Å². The summed E-state index contributed by atoms with van der Waals surface area (Å²) in [5, 5.41) is 12.8. The summed E-state index contributed by atoms with van der Waals surface area (Å²) in [4.78, 5) is 30.4. The number of benzene rings is 1. The van der Waals surface area contributed by atoms with Gasteiger partial charge in [-0.1, -0.05) is 44.9 Å². The minimum atomic E-state index is -0.937. The van der Waals surface area contributed by atoms with Crippen molar-refractivity contribution in [3.63, 3.8) is 0 Å². The number of rotatable bonds is 5. The Kier molecular flexibility index (Phi) is 7.70. The van der Waals surface area contributed by atoms with Gasteiger partial charge in [0.15, 0.2) is 0 Å². The molecule has 1 aromatic heterocycles. The Morgan fingerprint density at radius 1 is 1.17 bits per heavy atom.